The lowest BCUT2D eigenvalue weighted by Crippen LogP contribution is -2.54. The summed E-state index contributed by atoms with van der Waals surface area (Å²) in [4.78, 5) is 38.2. The Kier molecular flexibility index (Phi) is 4.74. The second-order valence-electron chi connectivity index (χ2n) is 6.22. The Morgan fingerprint density at radius 3 is 2.41 bits per heavy atom. The average Bonchev–Trinajstić information content (AvgIpc) is 3.14. The van der Waals surface area contributed by atoms with Crippen LogP contribution < -0.4 is 10.2 Å². The van der Waals surface area contributed by atoms with Gasteiger partial charge in [0.1, 0.15) is 11.4 Å². The molecule has 0 radical (unpaired) electrons. The van der Waals surface area contributed by atoms with Crippen molar-refractivity contribution in [2.75, 3.05) is 4.90 Å². The number of urea groups is 1. The molecule has 8 heteroatoms. The summed E-state index contributed by atoms with van der Waals surface area (Å²) >= 11 is 5.92. The number of imide groups is 2. The van der Waals surface area contributed by atoms with E-state index in [0.29, 0.717) is 10.7 Å². The van der Waals surface area contributed by atoms with Crippen molar-refractivity contribution in [3.8, 4) is 5.69 Å². The van der Waals surface area contributed by atoms with Gasteiger partial charge < -0.3 is 4.57 Å². The minimum Gasteiger partial charge on any atom is -0.317 e. The van der Waals surface area contributed by atoms with Gasteiger partial charge >= 0.3 is 6.03 Å². The van der Waals surface area contributed by atoms with Gasteiger partial charge in [-0.05, 0) is 60.7 Å². The van der Waals surface area contributed by atoms with Crippen LogP contribution in [0.1, 0.15) is 5.69 Å². The summed E-state index contributed by atoms with van der Waals surface area (Å²) in [6, 6.07) is 14.6. The Hall–Kier alpha value is -3.71. The number of nitrogens with one attached hydrogen (secondary N) is 1. The molecule has 1 N–H and O–H groups in total. The molecule has 3 aromatic rings. The van der Waals surface area contributed by atoms with Crippen LogP contribution in [0, 0.1) is 5.82 Å². The van der Waals surface area contributed by atoms with E-state index in [1.165, 1.54) is 24.3 Å². The standard InChI is InChI=1S/C21H13ClFN3O3/c22-13-6-8-15(9-7-13)25-10-2-5-16(25)12-18-19(27)24-21(29)26(20(18)28)17-4-1-3-14(23)11-17/h1-12H,(H,24,27,29)/b18-12+. The van der Waals surface area contributed by atoms with E-state index in [4.69, 9.17) is 11.6 Å². The molecular weight excluding hydrogens is 397 g/mol. The number of anilines is 1. The summed E-state index contributed by atoms with van der Waals surface area (Å²) in [6.45, 7) is 0. The first-order chi connectivity index (χ1) is 13.9. The van der Waals surface area contributed by atoms with E-state index in [1.54, 1.807) is 47.2 Å². The minimum atomic E-state index is -0.934. The number of benzene rings is 2. The van der Waals surface area contributed by atoms with Crippen molar-refractivity contribution in [3.63, 3.8) is 0 Å². The quantitative estimate of drug-likeness (QED) is 0.526. The molecule has 144 valence electrons. The lowest BCUT2D eigenvalue weighted by molar-refractivity contribution is -0.122. The van der Waals surface area contributed by atoms with Crippen LogP contribution in [0.4, 0.5) is 14.9 Å². The third-order valence-corrected chi connectivity index (χ3v) is 4.60. The molecule has 1 fully saturated rings. The number of rotatable bonds is 3. The maximum atomic E-state index is 13.6. The fourth-order valence-corrected chi connectivity index (χ4v) is 3.13. The molecule has 0 saturated carbocycles. The third-order valence-electron chi connectivity index (χ3n) is 4.35. The topological polar surface area (TPSA) is 71.4 Å². The number of aromatic nitrogens is 1. The number of amides is 4. The van der Waals surface area contributed by atoms with Crippen molar-refractivity contribution >= 4 is 41.2 Å². The zero-order valence-corrected chi connectivity index (χ0v) is 15.6. The van der Waals surface area contributed by atoms with Gasteiger partial charge in [0.15, 0.2) is 0 Å². The van der Waals surface area contributed by atoms with Gasteiger partial charge in [-0.25, -0.2) is 14.1 Å². The summed E-state index contributed by atoms with van der Waals surface area (Å²) in [5, 5.41) is 2.69. The van der Waals surface area contributed by atoms with E-state index in [-0.39, 0.29) is 11.3 Å². The van der Waals surface area contributed by atoms with Crippen LogP contribution in [0.15, 0.2) is 72.4 Å². The average molecular weight is 410 g/mol. The lowest BCUT2D eigenvalue weighted by atomic mass is 10.1. The molecule has 2 aromatic carbocycles. The van der Waals surface area contributed by atoms with Crippen LogP contribution in [0.5, 0.6) is 0 Å². The van der Waals surface area contributed by atoms with E-state index >= 15 is 0 Å². The third kappa shape index (κ3) is 3.55. The van der Waals surface area contributed by atoms with E-state index in [9.17, 15) is 18.8 Å². The van der Waals surface area contributed by atoms with Crippen molar-refractivity contribution < 1.29 is 18.8 Å². The fourth-order valence-electron chi connectivity index (χ4n) is 3.00. The van der Waals surface area contributed by atoms with Crippen molar-refractivity contribution in [2.24, 2.45) is 0 Å². The maximum Gasteiger partial charge on any atom is 0.335 e. The van der Waals surface area contributed by atoms with Gasteiger partial charge in [-0.2, -0.15) is 0 Å². The number of carbonyl (C=O) groups is 3. The number of barbiturate groups is 1. The van der Waals surface area contributed by atoms with Crippen molar-refractivity contribution in [1.82, 2.24) is 9.88 Å². The lowest BCUT2D eigenvalue weighted by Gasteiger charge is -2.26. The highest BCUT2D eigenvalue weighted by molar-refractivity contribution is 6.39. The van der Waals surface area contributed by atoms with Crippen molar-refractivity contribution in [1.29, 1.82) is 0 Å². The second-order valence-corrected chi connectivity index (χ2v) is 6.65. The monoisotopic (exact) mass is 409 g/mol. The summed E-state index contributed by atoms with van der Waals surface area (Å²) in [7, 11) is 0. The Morgan fingerprint density at radius 1 is 0.931 bits per heavy atom. The highest BCUT2D eigenvalue weighted by atomic mass is 35.5. The fraction of sp³-hybridized carbons (Fsp3) is 0. The molecule has 6 nitrogen and oxygen atoms in total. The first-order valence-electron chi connectivity index (χ1n) is 8.54. The molecule has 1 aromatic heterocycles. The number of nitrogens with zero attached hydrogens (tertiary/aromatic N) is 2. The highest BCUT2D eigenvalue weighted by Gasteiger charge is 2.37. The summed E-state index contributed by atoms with van der Waals surface area (Å²) in [6.07, 6.45) is 3.14. The van der Waals surface area contributed by atoms with Gasteiger partial charge in [-0.1, -0.05) is 17.7 Å². The zero-order chi connectivity index (χ0) is 20.5. The van der Waals surface area contributed by atoms with Gasteiger partial charge in [-0.15, -0.1) is 0 Å². The molecule has 0 unspecified atom stereocenters. The Bertz CT molecular complexity index is 1170. The number of hydrogen-bond donors (Lipinski definition) is 1. The van der Waals surface area contributed by atoms with Crippen LogP contribution in [0.25, 0.3) is 11.8 Å². The molecule has 1 saturated heterocycles. The molecule has 0 bridgehead atoms. The Balaban J connectivity index is 1.75. The molecular formula is C21H13ClFN3O3. The molecule has 0 aliphatic carbocycles. The molecule has 0 spiro atoms. The second kappa shape index (κ2) is 7.37. The van der Waals surface area contributed by atoms with E-state index in [1.807, 2.05) is 0 Å². The van der Waals surface area contributed by atoms with E-state index in [2.05, 4.69) is 5.32 Å². The van der Waals surface area contributed by atoms with Crippen molar-refractivity contribution in [3.05, 3.63) is 89.0 Å². The predicted octanol–water partition coefficient (Wildman–Crippen LogP) is 3.94. The summed E-state index contributed by atoms with van der Waals surface area (Å²) < 4.78 is 15.3. The van der Waals surface area contributed by atoms with E-state index in [0.717, 1.165) is 16.7 Å². The van der Waals surface area contributed by atoms with Crippen LogP contribution in [0.3, 0.4) is 0 Å². The number of hydrogen-bond acceptors (Lipinski definition) is 3. The zero-order valence-electron chi connectivity index (χ0n) is 14.8. The van der Waals surface area contributed by atoms with Crippen LogP contribution >= 0.6 is 11.6 Å². The molecule has 4 rings (SSSR count). The van der Waals surface area contributed by atoms with Gasteiger partial charge in [0.2, 0.25) is 0 Å². The first kappa shape index (κ1) is 18.6. The van der Waals surface area contributed by atoms with Gasteiger partial charge in [0.25, 0.3) is 11.8 Å². The van der Waals surface area contributed by atoms with Crippen LogP contribution in [-0.2, 0) is 9.59 Å². The normalized spacial score (nSPS) is 15.7. The van der Waals surface area contributed by atoms with Crippen molar-refractivity contribution in [2.45, 2.75) is 0 Å². The predicted molar refractivity (Wildman–Crippen MR) is 106 cm³/mol. The van der Waals surface area contributed by atoms with E-state index < -0.39 is 23.7 Å². The van der Waals surface area contributed by atoms with Gasteiger partial charge in [0.05, 0.1) is 5.69 Å². The summed E-state index contributed by atoms with van der Waals surface area (Å²) in [5.41, 5.74) is 1.09. The van der Waals surface area contributed by atoms with Gasteiger partial charge in [-0.3, -0.25) is 14.9 Å². The summed E-state index contributed by atoms with van der Waals surface area (Å²) in [5.74, 6) is -2.27. The van der Waals surface area contributed by atoms with Crippen LogP contribution in [-0.4, -0.2) is 22.4 Å². The van der Waals surface area contributed by atoms with Crippen LogP contribution in [0.2, 0.25) is 5.02 Å². The first-order valence-corrected chi connectivity index (χ1v) is 8.92. The molecule has 1 aliphatic rings. The smallest absolute Gasteiger partial charge is 0.317 e. The minimum absolute atomic E-state index is 0.0268. The number of carbonyl (C=O) groups excluding carboxylic acids is 3. The molecule has 1 aliphatic heterocycles. The highest BCUT2D eigenvalue weighted by Crippen LogP contribution is 2.24. The Labute approximate surface area is 169 Å². The molecule has 0 atom stereocenters. The molecule has 2 heterocycles. The largest absolute Gasteiger partial charge is 0.335 e. The number of halogens is 2. The Morgan fingerprint density at radius 2 is 1.69 bits per heavy atom. The SMILES string of the molecule is O=C1NC(=O)N(c2cccc(F)c2)C(=O)/C1=C/c1cccn1-c1ccc(Cl)cc1. The molecule has 4 amide bonds. The van der Waals surface area contributed by atoms with Gasteiger partial charge in [0, 0.05) is 22.6 Å². The molecule has 29 heavy (non-hydrogen) atoms. The maximum absolute atomic E-state index is 13.6.